The first-order valence-corrected chi connectivity index (χ1v) is 6.83. The summed E-state index contributed by atoms with van der Waals surface area (Å²) in [7, 11) is 0. The quantitative estimate of drug-likeness (QED) is 0.843. The number of amides is 1. The molecule has 2 rings (SSSR count). The molecule has 1 aromatic carbocycles. The van der Waals surface area contributed by atoms with E-state index in [0.717, 1.165) is 18.6 Å². The van der Waals surface area contributed by atoms with E-state index < -0.39 is 17.7 Å². The molecular formula is C15H19F2NO3. The van der Waals surface area contributed by atoms with E-state index in [1.165, 1.54) is 6.07 Å². The summed E-state index contributed by atoms with van der Waals surface area (Å²) in [6.07, 6.45) is -0.0655. The first-order valence-electron chi connectivity index (χ1n) is 6.83. The molecule has 1 fully saturated rings. The lowest BCUT2D eigenvalue weighted by Crippen LogP contribution is -2.36. The number of hydrogen-bond acceptors (Lipinski definition) is 3. The van der Waals surface area contributed by atoms with Gasteiger partial charge in [-0.25, -0.2) is 8.78 Å². The van der Waals surface area contributed by atoms with Gasteiger partial charge in [-0.3, -0.25) is 4.79 Å². The van der Waals surface area contributed by atoms with E-state index in [4.69, 9.17) is 4.74 Å². The van der Waals surface area contributed by atoms with Crippen LogP contribution in [0.4, 0.5) is 8.78 Å². The fraction of sp³-hybridized carbons (Fsp3) is 0.533. The molecule has 0 aromatic heterocycles. The van der Waals surface area contributed by atoms with Crippen LogP contribution in [0.15, 0.2) is 18.2 Å². The molecule has 2 unspecified atom stereocenters. The van der Waals surface area contributed by atoms with Crippen LogP contribution < -0.4 is 10.1 Å². The van der Waals surface area contributed by atoms with Crippen molar-refractivity contribution in [2.45, 2.75) is 26.4 Å². The molecule has 4 nitrogen and oxygen atoms in total. The number of nitrogens with one attached hydrogen (secondary N) is 1. The van der Waals surface area contributed by atoms with Crippen LogP contribution >= 0.6 is 0 Å². The number of halogens is 2. The van der Waals surface area contributed by atoms with E-state index in [-0.39, 0.29) is 36.1 Å². The Balaban J connectivity index is 1.71. The maximum atomic E-state index is 13.0. The zero-order chi connectivity index (χ0) is 15.6. The van der Waals surface area contributed by atoms with Crippen LogP contribution in [-0.4, -0.2) is 30.3 Å². The Labute approximate surface area is 122 Å². The normalized spacial score (nSPS) is 20.7. The highest BCUT2D eigenvalue weighted by molar-refractivity contribution is 5.82. The van der Waals surface area contributed by atoms with Gasteiger partial charge in [-0.2, -0.15) is 0 Å². The topological polar surface area (TPSA) is 58.6 Å². The third-order valence-corrected chi connectivity index (χ3v) is 3.68. The number of hydrogen-bond donors (Lipinski definition) is 2. The van der Waals surface area contributed by atoms with Crippen molar-refractivity contribution in [3.8, 4) is 5.75 Å². The molecule has 1 aliphatic carbocycles. The Hall–Kier alpha value is -1.69. The molecule has 0 aliphatic heterocycles. The van der Waals surface area contributed by atoms with Gasteiger partial charge in [0.2, 0.25) is 5.91 Å². The van der Waals surface area contributed by atoms with E-state index in [1.807, 2.05) is 13.8 Å². The largest absolute Gasteiger partial charge is 0.491 e. The zero-order valence-electron chi connectivity index (χ0n) is 12.0. The van der Waals surface area contributed by atoms with E-state index in [2.05, 4.69) is 5.32 Å². The fourth-order valence-corrected chi connectivity index (χ4v) is 2.07. The molecule has 0 radical (unpaired) electrons. The van der Waals surface area contributed by atoms with Crippen LogP contribution in [0.25, 0.3) is 0 Å². The van der Waals surface area contributed by atoms with Gasteiger partial charge in [-0.15, -0.1) is 0 Å². The predicted molar refractivity (Wildman–Crippen MR) is 72.8 cm³/mol. The molecule has 2 N–H and O–H groups in total. The minimum absolute atomic E-state index is 0.00295. The summed E-state index contributed by atoms with van der Waals surface area (Å²) in [5.41, 5.74) is 0.0389. The Bertz CT molecular complexity index is 534. The SMILES string of the molecule is CC1(C)CC1C(=O)NCC(O)COc1ccc(F)c(F)c1. The smallest absolute Gasteiger partial charge is 0.223 e. The lowest BCUT2D eigenvalue weighted by atomic mass is 10.1. The predicted octanol–water partition coefficient (Wildman–Crippen LogP) is 1.87. The third-order valence-electron chi connectivity index (χ3n) is 3.68. The van der Waals surface area contributed by atoms with Crippen LogP contribution in [0.3, 0.4) is 0 Å². The summed E-state index contributed by atoms with van der Waals surface area (Å²) in [5.74, 6) is -1.92. The summed E-state index contributed by atoms with van der Waals surface area (Å²) in [6.45, 7) is 3.98. The van der Waals surface area contributed by atoms with Gasteiger partial charge in [0.1, 0.15) is 18.5 Å². The van der Waals surface area contributed by atoms with Crippen molar-refractivity contribution in [2.24, 2.45) is 11.3 Å². The minimum Gasteiger partial charge on any atom is -0.491 e. The third kappa shape index (κ3) is 4.14. The van der Waals surface area contributed by atoms with Crippen molar-refractivity contribution in [1.29, 1.82) is 0 Å². The number of benzene rings is 1. The van der Waals surface area contributed by atoms with Crippen molar-refractivity contribution in [3.05, 3.63) is 29.8 Å². The molecule has 0 heterocycles. The summed E-state index contributed by atoms with van der Waals surface area (Å²) in [6, 6.07) is 3.14. The minimum atomic E-state index is -1.01. The molecule has 21 heavy (non-hydrogen) atoms. The first kappa shape index (κ1) is 15.7. The standard InChI is InChI=1S/C15H19F2NO3/c1-15(2)6-11(15)14(20)18-7-9(19)8-21-10-3-4-12(16)13(17)5-10/h3-5,9,11,19H,6-8H2,1-2H3,(H,18,20). The van der Waals surface area contributed by atoms with E-state index in [1.54, 1.807) is 0 Å². The van der Waals surface area contributed by atoms with Gasteiger partial charge in [0.05, 0.1) is 0 Å². The molecule has 0 bridgehead atoms. The number of aliphatic hydroxyl groups is 1. The van der Waals surface area contributed by atoms with Crippen LogP contribution in [0, 0.1) is 23.0 Å². The summed E-state index contributed by atoms with van der Waals surface area (Å²) < 4.78 is 30.8. The number of carbonyl (C=O) groups excluding carboxylic acids is 1. The molecule has 0 spiro atoms. The monoisotopic (exact) mass is 299 g/mol. The Kier molecular flexibility index (Phi) is 4.46. The Morgan fingerprint density at radius 2 is 2.14 bits per heavy atom. The Morgan fingerprint density at radius 1 is 1.48 bits per heavy atom. The van der Waals surface area contributed by atoms with Crippen LogP contribution in [0.2, 0.25) is 0 Å². The zero-order valence-corrected chi connectivity index (χ0v) is 12.0. The molecule has 1 aliphatic rings. The van der Waals surface area contributed by atoms with Crippen molar-refractivity contribution in [2.75, 3.05) is 13.2 Å². The lowest BCUT2D eigenvalue weighted by molar-refractivity contribution is -0.123. The van der Waals surface area contributed by atoms with E-state index in [0.29, 0.717) is 0 Å². The van der Waals surface area contributed by atoms with E-state index >= 15 is 0 Å². The first-order chi connectivity index (χ1) is 9.79. The average molecular weight is 299 g/mol. The summed E-state index contributed by atoms with van der Waals surface area (Å²) in [4.78, 5) is 11.7. The van der Waals surface area contributed by atoms with Crippen molar-refractivity contribution in [3.63, 3.8) is 0 Å². The molecule has 116 valence electrons. The number of aliphatic hydroxyl groups excluding tert-OH is 1. The second-order valence-electron chi connectivity index (χ2n) is 6.03. The number of rotatable bonds is 6. The van der Waals surface area contributed by atoms with Crippen molar-refractivity contribution >= 4 is 5.91 Å². The molecular weight excluding hydrogens is 280 g/mol. The highest BCUT2D eigenvalue weighted by Crippen LogP contribution is 2.51. The van der Waals surface area contributed by atoms with Gasteiger partial charge < -0.3 is 15.2 Å². The van der Waals surface area contributed by atoms with Crippen molar-refractivity contribution < 1.29 is 23.4 Å². The van der Waals surface area contributed by atoms with Crippen LogP contribution in [0.1, 0.15) is 20.3 Å². The number of carbonyl (C=O) groups is 1. The fourth-order valence-electron chi connectivity index (χ4n) is 2.07. The average Bonchev–Trinajstić information content (AvgIpc) is 3.06. The lowest BCUT2D eigenvalue weighted by Gasteiger charge is -2.14. The van der Waals surface area contributed by atoms with Crippen LogP contribution in [0.5, 0.6) is 5.75 Å². The van der Waals surface area contributed by atoms with Gasteiger partial charge in [0, 0.05) is 18.5 Å². The van der Waals surface area contributed by atoms with Gasteiger partial charge in [-0.1, -0.05) is 13.8 Å². The van der Waals surface area contributed by atoms with Crippen molar-refractivity contribution in [1.82, 2.24) is 5.32 Å². The van der Waals surface area contributed by atoms with E-state index in [9.17, 15) is 18.7 Å². The summed E-state index contributed by atoms with van der Waals surface area (Å²) in [5, 5.41) is 12.4. The van der Waals surface area contributed by atoms with Gasteiger partial charge in [0.25, 0.3) is 0 Å². The highest BCUT2D eigenvalue weighted by atomic mass is 19.2. The Morgan fingerprint density at radius 3 is 2.71 bits per heavy atom. The second-order valence-corrected chi connectivity index (χ2v) is 6.03. The van der Waals surface area contributed by atoms with Gasteiger partial charge in [0.15, 0.2) is 11.6 Å². The number of ether oxygens (including phenoxy) is 1. The van der Waals surface area contributed by atoms with Gasteiger partial charge in [-0.05, 0) is 24.0 Å². The molecule has 0 saturated heterocycles. The van der Waals surface area contributed by atoms with Crippen LogP contribution in [-0.2, 0) is 4.79 Å². The maximum absolute atomic E-state index is 13.0. The highest BCUT2D eigenvalue weighted by Gasteiger charge is 2.50. The van der Waals surface area contributed by atoms with Gasteiger partial charge >= 0.3 is 0 Å². The molecule has 1 aromatic rings. The summed E-state index contributed by atoms with van der Waals surface area (Å²) >= 11 is 0. The molecule has 6 heteroatoms. The second kappa shape index (κ2) is 5.97. The molecule has 2 atom stereocenters. The molecule has 1 saturated carbocycles. The maximum Gasteiger partial charge on any atom is 0.223 e. The molecule has 1 amide bonds.